The maximum absolute atomic E-state index is 11.9. The van der Waals surface area contributed by atoms with Gasteiger partial charge in [-0.15, -0.1) is 0 Å². The number of hydrazine groups is 1. The van der Waals surface area contributed by atoms with Crippen LogP contribution in [0.1, 0.15) is 15.9 Å². The lowest BCUT2D eigenvalue weighted by atomic mass is 10.1. The molecule has 0 aromatic heterocycles. The zero-order valence-corrected chi connectivity index (χ0v) is 13.5. The van der Waals surface area contributed by atoms with Gasteiger partial charge in [0, 0.05) is 10.0 Å². The standard InChI is InChI=1S/C15H11Cl3N2O2/c16-11-5-2-1-4-9(11)15(22)20-19-14(21)8-10-12(17)6-3-7-13(10)18/h1-7H,8H2,(H,19,21)(H,20,22). The van der Waals surface area contributed by atoms with Crippen molar-refractivity contribution in [2.75, 3.05) is 0 Å². The number of rotatable bonds is 3. The molecule has 22 heavy (non-hydrogen) atoms. The maximum Gasteiger partial charge on any atom is 0.271 e. The highest BCUT2D eigenvalue weighted by atomic mass is 35.5. The minimum Gasteiger partial charge on any atom is -0.273 e. The van der Waals surface area contributed by atoms with Crippen LogP contribution in [0.2, 0.25) is 15.1 Å². The third kappa shape index (κ3) is 4.13. The van der Waals surface area contributed by atoms with E-state index in [1.54, 1.807) is 42.5 Å². The highest BCUT2D eigenvalue weighted by molar-refractivity contribution is 6.36. The SMILES string of the molecule is O=C(Cc1c(Cl)cccc1Cl)NNC(=O)c1ccccc1Cl. The molecule has 0 aliphatic rings. The van der Waals surface area contributed by atoms with Crippen molar-refractivity contribution in [3.05, 3.63) is 68.7 Å². The van der Waals surface area contributed by atoms with E-state index in [9.17, 15) is 9.59 Å². The smallest absolute Gasteiger partial charge is 0.271 e. The van der Waals surface area contributed by atoms with E-state index in [0.717, 1.165) is 0 Å². The van der Waals surface area contributed by atoms with E-state index in [1.807, 2.05) is 0 Å². The molecule has 0 heterocycles. The molecule has 0 radical (unpaired) electrons. The first-order chi connectivity index (χ1) is 10.5. The molecule has 2 N–H and O–H groups in total. The Morgan fingerprint density at radius 3 is 2.05 bits per heavy atom. The normalized spacial score (nSPS) is 10.1. The number of halogens is 3. The average Bonchev–Trinajstić information content (AvgIpc) is 2.49. The number of carbonyl (C=O) groups excluding carboxylic acids is 2. The summed E-state index contributed by atoms with van der Waals surface area (Å²) < 4.78 is 0. The van der Waals surface area contributed by atoms with Gasteiger partial charge in [0.1, 0.15) is 0 Å². The van der Waals surface area contributed by atoms with Crippen molar-refractivity contribution in [3.8, 4) is 0 Å². The first-order valence-electron chi connectivity index (χ1n) is 6.25. The summed E-state index contributed by atoms with van der Waals surface area (Å²) in [4.78, 5) is 23.8. The van der Waals surface area contributed by atoms with Gasteiger partial charge < -0.3 is 0 Å². The lowest BCUT2D eigenvalue weighted by Crippen LogP contribution is -2.42. The molecule has 2 rings (SSSR count). The Kier molecular flexibility index (Phi) is 5.66. The fraction of sp³-hybridized carbons (Fsp3) is 0.0667. The molecule has 0 aliphatic heterocycles. The second kappa shape index (κ2) is 7.49. The van der Waals surface area contributed by atoms with Crippen LogP contribution in [0.3, 0.4) is 0 Å². The van der Waals surface area contributed by atoms with Crippen LogP contribution >= 0.6 is 34.8 Å². The van der Waals surface area contributed by atoms with Crippen molar-refractivity contribution >= 4 is 46.6 Å². The molecule has 0 aliphatic carbocycles. The van der Waals surface area contributed by atoms with Crippen LogP contribution in [-0.4, -0.2) is 11.8 Å². The van der Waals surface area contributed by atoms with Crippen LogP contribution < -0.4 is 10.9 Å². The first-order valence-corrected chi connectivity index (χ1v) is 7.39. The highest BCUT2D eigenvalue weighted by Gasteiger charge is 2.13. The minimum atomic E-state index is -0.510. The third-order valence-electron chi connectivity index (χ3n) is 2.83. The van der Waals surface area contributed by atoms with Crippen molar-refractivity contribution in [2.45, 2.75) is 6.42 Å². The number of carbonyl (C=O) groups is 2. The Morgan fingerprint density at radius 2 is 1.41 bits per heavy atom. The minimum absolute atomic E-state index is 0.0543. The molecule has 0 spiro atoms. The van der Waals surface area contributed by atoms with Gasteiger partial charge in [0.25, 0.3) is 5.91 Å². The molecule has 0 fully saturated rings. The van der Waals surface area contributed by atoms with Gasteiger partial charge in [-0.1, -0.05) is 53.0 Å². The number of benzene rings is 2. The summed E-state index contributed by atoms with van der Waals surface area (Å²) in [5.41, 5.74) is 5.35. The molecule has 4 nitrogen and oxygen atoms in total. The number of hydrogen-bond donors (Lipinski definition) is 2. The molecule has 0 saturated carbocycles. The van der Waals surface area contributed by atoms with E-state index in [4.69, 9.17) is 34.8 Å². The summed E-state index contributed by atoms with van der Waals surface area (Å²) in [5, 5.41) is 1.07. The van der Waals surface area contributed by atoms with Gasteiger partial charge in [0.05, 0.1) is 17.0 Å². The predicted molar refractivity (Wildman–Crippen MR) is 87.2 cm³/mol. The Hall–Kier alpha value is -1.75. The first kappa shape index (κ1) is 16.6. The van der Waals surface area contributed by atoms with E-state index in [2.05, 4.69) is 10.9 Å². The van der Waals surface area contributed by atoms with E-state index >= 15 is 0 Å². The van der Waals surface area contributed by atoms with E-state index in [1.165, 1.54) is 0 Å². The van der Waals surface area contributed by atoms with E-state index in [-0.39, 0.29) is 12.0 Å². The summed E-state index contributed by atoms with van der Waals surface area (Å²) in [6.45, 7) is 0. The zero-order valence-electron chi connectivity index (χ0n) is 11.2. The van der Waals surface area contributed by atoms with Crippen LogP contribution in [0, 0.1) is 0 Å². The molecule has 7 heteroatoms. The van der Waals surface area contributed by atoms with Crippen molar-refractivity contribution in [1.82, 2.24) is 10.9 Å². The second-order valence-corrected chi connectivity index (χ2v) is 5.58. The Balaban J connectivity index is 1.96. The Morgan fingerprint density at radius 1 is 0.818 bits per heavy atom. The Bertz CT molecular complexity index is 699. The second-order valence-electron chi connectivity index (χ2n) is 4.36. The molecule has 0 bridgehead atoms. The van der Waals surface area contributed by atoms with Crippen LogP contribution in [0.25, 0.3) is 0 Å². The lowest BCUT2D eigenvalue weighted by Gasteiger charge is -2.10. The van der Waals surface area contributed by atoms with E-state index < -0.39 is 11.8 Å². The van der Waals surface area contributed by atoms with Gasteiger partial charge >= 0.3 is 0 Å². The fourth-order valence-electron chi connectivity index (χ4n) is 1.75. The average molecular weight is 358 g/mol. The zero-order chi connectivity index (χ0) is 16.1. The predicted octanol–water partition coefficient (Wildman–Crippen LogP) is 3.65. The van der Waals surface area contributed by atoms with Crippen molar-refractivity contribution < 1.29 is 9.59 Å². The molecule has 0 unspecified atom stereocenters. The highest BCUT2D eigenvalue weighted by Crippen LogP contribution is 2.24. The molecule has 114 valence electrons. The van der Waals surface area contributed by atoms with Gasteiger partial charge in [0.2, 0.25) is 5.91 Å². The topological polar surface area (TPSA) is 58.2 Å². The monoisotopic (exact) mass is 356 g/mol. The molecular weight excluding hydrogens is 347 g/mol. The van der Waals surface area contributed by atoms with Crippen molar-refractivity contribution in [3.63, 3.8) is 0 Å². The lowest BCUT2D eigenvalue weighted by molar-refractivity contribution is -0.121. The molecular formula is C15H11Cl3N2O2. The molecule has 2 aromatic rings. The van der Waals surface area contributed by atoms with Gasteiger partial charge in [-0.2, -0.15) is 0 Å². The van der Waals surface area contributed by atoms with Crippen LogP contribution in [0.5, 0.6) is 0 Å². The van der Waals surface area contributed by atoms with Crippen LogP contribution in [0.4, 0.5) is 0 Å². The van der Waals surface area contributed by atoms with Gasteiger partial charge in [0.15, 0.2) is 0 Å². The Labute approximate surface area is 142 Å². The largest absolute Gasteiger partial charge is 0.273 e. The molecule has 0 atom stereocenters. The quantitative estimate of drug-likeness (QED) is 0.824. The molecule has 0 saturated heterocycles. The van der Waals surface area contributed by atoms with Crippen molar-refractivity contribution in [2.24, 2.45) is 0 Å². The third-order valence-corrected chi connectivity index (χ3v) is 3.87. The fourth-order valence-corrected chi connectivity index (χ4v) is 2.50. The van der Waals surface area contributed by atoms with Crippen LogP contribution in [-0.2, 0) is 11.2 Å². The summed E-state index contributed by atoms with van der Waals surface area (Å²) in [6.07, 6.45) is -0.0543. The molecule has 2 amide bonds. The maximum atomic E-state index is 11.9. The van der Waals surface area contributed by atoms with E-state index in [0.29, 0.717) is 20.6 Å². The number of amides is 2. The number of hydrogen-bond acceptors (Lipinski definition) is 2. The van der Waals surface area contributed by atoms with Gasteiger partial charge in [-0.3, -0.25) is 20.4 Å². The summed E-state index contributed by atoms with van der Waals surface area (Å²) >= 11 is 17.9. The number of nitrogens with one attached hydrogen (secondary N) is 2. The summed E-state index contributed by atoms with van der Waals surface area (Å²) in [5.74, 6) is -0.959. The van der Waals surface area contributed by atoms with Gasteiger partial charge in [-0.25, -0.2) is 0 Å². The molecule has 2 aromatic carbocycles. The van der Waals surface area contributed by atoms with Crippen LogP contribution in [0.15, 0.2) is 42.5 Å². The van der Waals surface area contributed by atoms with Gasteiger partial charge in [-0.05, 0) is 29.8 Å². The summed E-state index contributed by atoms with van der Waals surface area (Å²) in [7, 11) is 0. The van der Waals surface area contributed by atoms with Crippen molar-refractivity contribution in [1.29, 1.82) is 0 Å². The summed E-state index contributed by atoms with van der Waals surface area (Å²) in [6, 6.07) is 11.5.